The molecule has 2 aromatic carbocycles. The van der Waals surface area contributed by atoms with E-state index in [1.165, 1.54) is 11.6 Å². The molecule has 0 saturated carbocycles. The van der Waals surface area contributed by atoms with Gasteiger partial charge in [-0.15, -0.1) is 0 Å². The molecule has 2 aromatic rings. The fourth-order valence-electron chi connectivity index (χ4n) is 3.43. The zero-order valence-electron chi connectivity index (χ0n) is 15.1. The van der Waals surface area contributed by atoms with Crippen LogP contribution < -0.4 is 5.32 Å². The molecule has 1 heterocycles. The minimum absolute atomic E-state index is 0.143. The van der Waals surface area contributed by atoms with Gasteiger partial charge < -0.3 is 5.32 Å². The fourth-order valence-corrected chi connectivity index (χ4v) is 4.28. The summed E-state index contributed by atoms with van der Waals surface area (Å²) in [5.41, 5.74) is 1.63. The zero-order chi connectivity index (χ0) is 18.7. The van der Waals surface area contributed by atoms with E-state index in [-0.39, 0.29) is 16.8 Å². The molecule has 6 heteroatoms. The number of carbonyl (C=O) groups excluding carboxylic acids is 1. The predicted molar refractivity (Wildman–Crippen MR) is 103 cm³/mol. The Labute approximate surface area is 154 Å². The Morgan fingerprint density at radius 3 is 2.46 bits per heavy atom. The van der Waals surface area contributed by atoms with Crippen LogP contribution in [0.15, 0.2) is 59.5 Å². The monoisotopic (exact) mass is 372 g/mol. The number of carbonyl (C=O) groups is 1. The van der Waals surface area contributed by atoms with Crippen LogP contribution in [0.4, 0.5) is 5.69 Å². The van der Waals surface area contributed by atoms with Gasteiger partial charge in [0.25, 0.3) is 0 Å². The molecular formula is C20H24N2O3S. The molecule has 0 radical (unpaired) electrons. The number of benzene rings is 2. The van der Waals surface area contributed by atoms with Crippen molar-refractivity contribution < 1.29 is 13.2 Å². The van der Waals surface area contributed by atoms with Crippen LogP contribution in [0.5, 0.6) is 0 Å². The van der Waals surface area contributed by atoms with Gasteiger partial charge in [0.1, 0.15) is 0 Å². The molecule has 2 atom stereocenters. The molecule has 1 amide bonds. The van der Waals surface area contributed by atoms with Gasteiger partial charge >= 0.3 is 0 Å². The standard InChI is InChI=1S/C20H24N2O3S/c1-15(22-13-12-17(14-22)16-8-4-3-5-9-16)20(23)21-18-10-6-7-11-19(18)26(2,24)25/h3-11,15,17H,12-14H2,1-2H3,(H,21,23)/t15-,17-/m0/s1. The van der Waals surface area contributed by atoms with E-state index in [2.05, 4.69) is 22.3 Å². The molecule has 1 saturated heterocycles. The molecule has 0 spiro atoms. The summed E-state index contributed by atoms with van der Waals surface area (Å²) in [4.78, 5) is 15.0. The van der Waals surface area contributed by atoms with E-state index in [1.54, 1.807) is 18.2 Å². The number of rotatable bonds is 5. The first-order valence-electron chi connectivity index (χ1n) is 8.75. The van der Waals surface area contributed by atoms with E-state index in [4.69, 9.17) is 0 Å². The second-order valence-corrected chi connectivity index (χ2v) is 8.81. The summed E-state index contributed by atoms with van der Waals surface area (Å²) < 4.78 is 23.8. The maximum Gasteiger partial charge on any atom is 0.241 e. The lowest BCUT2D eigenvalue weighted by Crippen LogP contribution is -2.40. The summed E-state index contributed by atoms with van der Waals surface area (Å²) in [6, 6.07) is 16.5. The number of amides is 1. The third-order valence-corrected chi connectivity index (χ3v) is 6.12. The van der Waals surface area contributed by atoms with E-state index in [1.807, 2.05) is 25.1 Å². The van der Waals surface area contributed by atoms with Gasteiger partial charge in [0.2, 0.25) is 5.91 Å². The smallest absolute Gasteiger partial charge is 0.241 e. The molecule has 1 fully saturated rings. The topological polar surface area (TPSA) is 66.5 Å². The lowest BCUT2D eigenvalue weighted by molar-refractivity contribution is -0.120. The van der Waals surface area contributed by atoms with E-state index in [9.17, 15) is 13.2 Å². The summed E-state index contributed by atoms with van der Waals surface area (Å²) in [6.07, 6.45) is 2.16. The Morgan fingerprint density at radius 1 is 1.12 bits per heavy atom. The van der Waals surface area contributed by atoms with E-state index < -0.39 is 9.84 Å². The number of para-hydroxylation sites is 1. The highest BCUT2D eigenvalue weighted by Gasteiger charge is 2.30. The molecule has 1 aliphatic rings. The number of hydrogen-bond donors (Lipinski definition) is 1. The van der Waals surface area contributed by atoms with Gasteiger partial charge in [-0.25, -0.2) is 8.42 Å². The summed E-state index contributed by atoms with van der Waals surface area (Å²) >= 11 is 0. The maximum atomic E-state index is 12.7. The highest BCUT2D eigenvalue weighted by Crippen LogP contribution is 2.29. The Kier molecular flexibility index (Phi) is 5.44. The van der Waals surface area contributed by atoms with Crippen LogP contribution in [0, 0.1) is 0 Å². The molecule has 0 bridgehead atoms. The van der Waals surface area contributed by atoms with E-state index >= 15 is 0 Å². The normalized spacial score (nSPS) is 19.2. The van der Waals surface area contributed by atoms with Crippen LogP contribution in [0.3, 0.4) is 0 Å². The van der Waals surface area contributed by atoms with Crippen LogP contribution in [-0.2, 0) is 14.6 Å². The van der Waals surface area contributed by atoms with E-state index in [0.29, 0.717) is 11.6 Å². The lowest BCUT2D eigenvalue weighted by atomic mass is 9.99. The number of hydrogen-bond acceptors (Lipinski definition) is 4. The fraction of sp³-hybridized carbons (Fsp3) is 0.350. The molecule has 0 aliphatic carbocycles. The number of likely N-dealkylation sites (tertiary alicyclic amines) is 1. The molecule has 3 rings (SSSR count). The van der Waals surface area contributed by atoms with Crippen molar-refractivity contribution in [3.63, 3.8) is 0 Å². The van der Waals surface area contributed by atoms with Gasteiger partial charge in [-0.2, -0.15) is 0 Å². The van der Waals surface area contributed by atoms with Crippen LogP contribution >= 0.6 is 0 Å². The largest absolute Gasteiger partial charge is 0.324 e. The van der Waals surface area contributed by atoms with Gasteiger partial charge in [-0.05, 0) is 43.5 Å². The van der Waals surface area contributed by atoms with Crippen LogP contribution in [0.2, 0.25) is 0 Å². The highest BCUT2D eigenvalue weighted by atomic mass is 32.2. The summed E-state index contributed by atoms with van der Waals surface area (Å²) in [6.45, 7) is 3.54. The van der Waals surface area contributed by atoms with Crippen molar-refractivity contribution in [1.82, 2.24) is 4.90 Å². The van der Waals surface area contributed by atoms with Crippen LogP contribution in [0.25, 0.3) is 0 Å². The third-order valence-electron chi connectivity index (χ3n) is 4.96. The average Bonchev–Trinajstić information content (AvgIpc) is 3.11. The van der Waals surface area contributed by atoms with Gasteiger partial charge in [-0.3, -0.25) is 9.69 Å². The van der Waals surface area contributed by atoms with Crippen molar-refractivity contribution in [3.05, 3.63) is 60.2 Å². The van der Waals surface area contributed by atoms with Crippen molar-refractivity contribution in [2.24, 2.45) is 0 Å². The number of nitrogens with zero attached hydrogens (tertiary/aromatic N) is 1. The molecule has 26 heavy (non-hydrogen) atoms. The number of sulfone groups is 1. The van der Waals surface area contributed by atoms with Crippen molar-refractivity contribution >= 4 is 21.4 Å². The molecule has 5 nitrogen and oxygen atoms in total. The Bertz CT molecular complexity index is 881. The Morgan fingerprint density at radius 2 is 1.77 bits per heavy atom. The maximum absolute atomic E-state index is 12.7. The Balaban J connectivity index is 1.68. The predicted octanol–water partition coefficient (Wildman–Crippen LogP) is 2.91. The highest BCUT2D eigenvalue weighted by molar-refractivity contribution is 7.90. The van der Waals surface area contributed by atoms with Crippen molar-refractivity contribution in [3.8, 4) is 0 Å². The zero-order valence-corrected chi connectivity index (χ0v) is 15.9. The molecule has 1 aliphatic heterocycles. The first-order valence-corrected chi connectivity index (χ1v) is 10.6. The number of anilines is 1. The van der Waals surface area contributed by atoms with Crippen molar-refractivity contribution in [2.75, 3.05) is 24.7 Å². The van der Waals surface area contributed by atoms with Gasteiger partial charge in [0, 0.05) is 12.8 Å². The second-order valence-electron chi connectivity index (χ2n) is 6.82. The molecule has 1 N–H and O–H groups in total. The summed E-state index contributed by atoms with van der Waals surface area (Å²) in [7, 11) is -3.40. The number of nitrogens with one attached hydrogen (secondary N) is 1. The van der Waals surface area contributed by atoms with Crippen molar-refractivity contribution in [2.45, 2.75) is 30.2 Å². The van der Waals surface area contributed by atoms with E-state index in [0.717, 1.165) is 25.8 Å². The van der Waals surface area contributed by atoms with Gasteiger partial charge in [-0.1, -0.05) is 42.5 Å². The van der Waals surface area contributed by atoms with Crippen LogP contribution in [0.1, 0.15) is 24.8 Å². The minimum Gasteiger partial charge on any atom is -0.324 e. The second kappa shape index (κ2) is 7.60. The minimum atomic E-state index is -3.40. The molecule has 0 unspecified atom stereocenters. The van der Waals surface area contributed by atoms with Crippen LogP contribution in [-0.4, -0.2) is 44.6 Å². The summed E-state index contributed by atoms with van der Waals surface area (Å²) in [5, 5.41) is 2.79. The molecule has 138 valence electrons. The molecule has 0 aromatic heterocycles. The quantitative estimate of drug-likeness (QED) is 0.876. The van der Waals surface area contributed by atoms with Gasteiger partial charge in [0.05, 0.1) is 16.6 Å². The lowest BCUT2D eigenvalue weighted by Gasteiger charge is -2.24. The Hall–Kier alpha value is -2.18. The first kappa shape index (κ1) is 18.6. The molecular weight excluding hydrogens is 348 g/mol. The first-order chi connectivity index (χ1) is 12.4. The average molecular weight is 372 g/mol. The van der Waals surface area contributed by atoms with Gasteiger partial charge in [0.15, 0.2) is 9.84 Å². The van der Waals surface area contributed by atoms with Crippen molar-refractivity contribution in [1.29, 1.82) is 0 Å². The summed E-state index contributed by atoms with van der Waals surface area (Å²) in [5.74, 6) is 0.240. The third kappa shape index (κ3) is 4.14. The SMILES string of the molecule is C[C@@H](C(=O)Nc1ccccc1S(C)(=O)=O)N1CC[C@H](c2ccccc2)C1.